The third kappa shape index (κ3) is 3.25. The number of ether oxygens (including phenoxy) is 1. The van der Waals surface area contributed by atoms with Crippen molar-refractivity contribution in [1.82, 2.24) is 5.32 Å². The molecule has 0 radical (unpaired) electrons. The quantitative estimate of drug-likeness (QED) is 0.747. The zero-order valence-electron chi connectivity index (χ0n) is 9.13. The first-order valence-electron chi connectivity index (χ1n) is 6.27. The van der Waals surface area contributed by atoms with E-state index in [1.54, 1.807) is 0 Å². The van der Waals surface area contributed by atoms with Gasteiger partial charge in [0, 0.05) is 6.61 Å². The van der Waals surface area contributed by atoms with Gasteiger partial charge < -0.3 is 10.1 Å². The van der Waals surface area contributed by atoms with Gasteiger partial charge >= 0.3 is 0 Å². The average molecular weight is 197 g/mol. The van der Waals surface area contributed by atoms with E-state index in [-0.39, 0.29) is 0 Å². The molecule has 14 heavy (non-hydrogen) atoms. The zero-order valence-corrected chi connectivity index (χ0v) is 9.13. The van der Waals surface area contributed by atoms with Crippen LogP contribution in [0.4, 0.5) is 0 Å². The Bertz CT molecular complexity index is 148. The number of piperidine rings is 1. The minimum Gasteiger partial charge on any atom is -0.378 e. The van der Waals surface area contributed by atoms with Gasteiger partial charge in [0.15, 0.2) is 0 Å². The minimum absolute atomic E-state index is 0.553. The Labute approximate surface area is 87.4 Å². The fourth-order valence-corrected chi connectivity index (χ4v) is 2.66. The Hall–Kier alpha value is -0.0800. The average Bonchev–Trinajstić information content (AvgIpc) is 2.72. The molecule has 2 rings (SSSR count). The van der Waals surface area contributed by atoms with Crippen LogP contribution >= 0.6 is 0 Å². The summed E-state index contributed by atoms with van der Waals surface area (Å²) in [5, 5.41) is 3.37. The van der Waals surface area contributed by atoms with E-state index in [0.717, 1.165) is 25.6 Å². The predicted molar refractivity (Wildman–Crippen MR) is 58.4 cm³/mol. The van der Waals surface area contributed by atoms with Crippen molar-refractivity contribution >= 4 is 0 Å². The largest absolute Gasteiger partial charge is 0.378 e. The molecule has 0 bridgehead atoms. The summed E-state index contributed by atoms with van der Waals surface area (Å²) < 4.78 is 5.90. The third-order valence-electron chi connectivity index (χ3n) is 3.64. The summed E-state index contributed by atoms with van der Waals surface area (Å²) in [7, 11) is 0. The van der Waals surface area contributed by atoms with E-state index >= 15 is 0 Å². The molecule has 1 saturated heterocycles. The van der Waals surface area contributed by atoms with Crippen LogP contribution in [-0.2, 0) is 4.74 Å². The second kappa shape index (κ2) is 5.72. The highest BCUT2D eigenvalue weighted by Crippen LogP contribution is 2.27. The van der Waals surface area contributed by atoms with Gasteiger partial charge in [-0.1, -0.05) is 25.7 Å². The predicted octanol–water partition coefficient (Wildman–Crippen LogP) is 2.34. The SMILES string of the molecule is C1CCC(CCOC2CCNCC2)C1. The van der Waals surface area contributed by atoms with Crippen molar-refractivity contribution in [2.24, 2.45) is 5.92 Å². The van der Waals surface area contributed by atoms with Crippen molar-refractivity contribution in [2.75, 3.05) is 19.7 Å². The van der Waals surface area contributed by atoms with Crippen molar-refractivity contribution in [1.29, 1.82) is 0 Å². The molecule has 0 aromatic rings. The van der Waals surface area contributed by atoms with Crippen molar-refractivity contribution in [2.45, 2.75) is 51.0 Å². The second-order valence-electron chi connectivity index (χ2n) is 4.76. The van der Waals surface area contributed by atoms with Gasteiger partial charge in [0.25, 0.3) is 0 Å². The van der Waals surface area contributed by atoms with Crippen molar-refractivity contribution in [3.63, 3.8) is 0 Å². The Morgan fingerprint density at radius 3 is 2.43 bits per heavy atom. The van der Waals surface area contributed by atoms with E-state index in [9.17, 15) is 0 Å². The number of rotatable bonds is 4. The highest BCUT2D eigenvalue weighted by molar-refractivity contribution is 4.70. The van der Waals surface area contributed by atoms with Crippen LogP contribution in [0.3, 0.4) is 0 Å². The standard InChI is InChI=1S/C12H23NO/c1-2-4-11(3-1)7-10-14-12-5-8-13-9-6-12/h11-13H,1-10H2. The van der Waals surface area contributed by atoms with Crippen LogP contribution < -0.4 is 5.32 Å². The fourth-order valence-electron chi connectivity index (χ4n) is 2.66. The lowest BCUT2D eigenvalue weighted by Crippen LogP contribution is -2.32. The molecule has 0 unspecified atom stereocenters. The van der Waals surface area contributed by atoms with Crippen LogP contribution in [0, 0.1) is 5.92 Å². The first-order valence-corrected chi connectivity index (χ1v) is 6.27. The summed E-state index contributed by atoms with van der Waals surface area (Å²) in [6.45, 7) is 3.30. The zero-order chi connectivity index (χ0) is 9.64. The van der Waals surface area contributed by atoms with E-state index in [0.29, 0.717) is 6.10 Å². The number of hydrogen-bond acceptors (Lipinski definition) is 2. The lowest BCUT2D eigenvalue weighted by atomic mass is 10.0. The van der Waals surface area contributed by atoms with Crippen LogP contribution in [0.2, 0.25) is 0 Å². The molecule has 2 nitrogen and oxygen atoms in total. The van der Waals surface area contributed by atoms with Crippen LogP contribution in [-0.4, -0.2) is 25.8 Å². The van der Waals surface area contributed by atoms with Crippen LogP contribution in [0.25, 0.3) is 0 Å². The molecule has 0 spiro atoms. The Kier molecular flexibility index (Phi) is 4.26. The summed E-state index contributed by atoms with van der Waals surface area (Å²) in [5.41, 5.74) is 0. The maximum Gasteiger partial charge on any atom is 0.0599 e. The second-order valence-corrected chi connectivity index (χ2v) is 4.76. The third-order valence-corrected chi connectivity index (χ3v) is 3.64. The molecule has 0 atom stereocenters. The summed E-state index contributed by atoms with van der Waals surface area (Å²) >= 11 is 0. The highest BCUT2D eigenvalue weighted by atomic mass is 16.5. The lowest BCUT2D eigenvalue weighted by Gasteiger charge is -2.23. The van der Waals surface area contributed by atoms with Gasteiger partial charge in [-0.25, -0.2) is 0 Å². The lowest BCUT2D eigenvalue weighted by molar-refractivity contribution is 0.0259. The summed E-state index contributed by atoms with van der Waals surface area (Å²) in [4.78, 5) is 0. The first-order chi connectivity index (χ1) is 6.95. The number of hydrogen-bond donors (Lipinski definition) is 1. The molecule has 1 heterocycles. The van der Waals surface area contributed by atoms with Gasteiger partial charge in [-0.05, 0) is 38.3 Å². The van der Waals surface area contributed by atoms with Crippen molar-refractivity contribution < 1.29 is 4.74 Å². The normalized spacial score (nSPS) is 25.7. The number of nitrogens with one attached hydrogen (secondary N) is 1. The summed E-state index contributed by atoms with van der Waals surface area (Å²) in [6, 6.07) is 0. The molecular weight excluding hydrogens is 174 g/mol. The van der Waals surface area contributed by atoms with E-state index in [1.807, 2.05) is 0 Å². The van der Waals surface area contributed by atoms with Crippen LogP contribution in [0.1, 0.15) is 44.9 Å². The van der Waals surface area contributed by atoms with Crippen molar-refractivity contribution in [3.8, 4) is 0 Å². The molecule has 2 heteroatoms. The molecule has 2 fully saturated rings. The maximum atomic E-state index is 5.90. The van der Waals surface area contributed by atoms with Gasteiger partial charge in [-0.3, -0.25) is 0 Å². The van der Waals surface area contributed by atoms with Crippen LogP contribution in [0.15, 0.2) is 0 Å². The van der Waals surface area contributed by atoms with Gasteiger partial charge in [0.2, 0.25) is 0 Å². The fraction of sp³-hybridized carbons (Fsp3) is 1.00. The maximum absolute atomic E-state index is 5.90. The molecule has 82 valence electrons. The highest BCUT2D eigenvalue weighted by Gasteiger charge is 2.17. The Morgan fingerprint density at radius 2 is 1.71 bits per heavy atom. The summed E-state index contributed by atoms with van der Waals surface area (Å²) in [5.74, 6) is 0.983. The first kappa shape index (κ1) is 10.4. The van der Waals surface area contributed by atoms with Gasteiger partial charge in [0.05, 0.1) is 6.10 Å². The van der Waals surface area contributed by atoms with Gasteiger partial charge in [-0.15, -0.1) is 0 Å². The molecule has 0 aromatic heterocycles. The molecule has 0 amide bonds. The molecule has 1 N–H and O–H groups in total. The molecule has 2 aliphatic rings. The van der Waals surface area contributed by atoms with E-state index in [4.69, 9.17) is 4.74 Å². The smallest absolute Gasteiger partial charge is 0.0599 e. The molecule has 0 aromatic carbocycles. The van der Waals surface area contributed by atoms with Crippen molar-refractivity contribution in [3.05, 3.63) is 0 Å². The van der Waals surface area contributed by atoms with Gasteiger partial charge in [-0.2, -0.15) is 0 Å². The van der Waals surface area contributed by atoms with Gasteiger partial charge in [0.1, 0.15) is 0 Å². The van der Waals surface area contributed by atoms with E-state index < -0.39 is 0 Å². The van der Waals surface area contributed by atoms with E-state index in [2.05, 4.69) is 5.32 Å². The summed E-state index contributed by atoms with van der Waals surface area (Å²) in [6.07, 6.45) is 10.1. The molecule has 1 aliphatic carbocycles. The Morgan fingerprint density at radius 1 is 1.00 bits per heavy atom. The topological polar surface area (TPSA) is 21.3 Å². The minimum atomic E-state index is 0.553. The molecular formula is C12H23NO. The monoisotopic (exact) mass is 197 g/mol. The van der Waals surface area contributed by atoms with E-state index in [1.165, 1.54) is 44.9 Å². The molecule has 1 saturated carbocycles. The molecule has 1 aliphatic heterocycles. The van der Waals surface area contributed by atoms with Crippen LogP contribution in [0.5, 0.6) is 0 Å². The Balaban J connectivity index is 1.52.